The van der Waals surface area contributed by atoms with Gasteiger partial charge in [-0.05, 0) is 47.9 Å². The van der Waals surface area contributed by atoms with Crippen LogP contribution in [0.5, 0.6) is 5.75 Å². The molecule has 1 aliphatic heterocycles. The normalized spacial score (nSPS) is 17.6. The number of hydrogen-bond acceptors (Lipinski definition) is 3. The Labute approximate surface area is 147 Å². The van der Waals surface area contributed by atoms with Crippen LogP contribution in [0.15, 0.2) is 36.4 Å². The Hall–Kier alpha value is -2.56. The Bertz CT molecular complexity index is 821. The second kappa shape index (κ2) is 6.39. The molecule has 1 saturated carbocycles. The van der Waals surface area contributed by atoms with Crippen molar-refractivity contribution >= 4 is 22.6 Å². The number of methoxy groups -OCH3 is 1. The molecule has 5 heteroatoms. The molecule has 2 aliphatic rings. The van der Waals surface area contributed by atoms with E-state index in [1.54, 1.807) is 7.11 Å². The van der Waals surface area contributed by atoms with Gasteiger partial charge in [-0.25, -0.2) is 0 Å². The summed E-state index contributed by atoms with van der Waals surface area (Å²) >= 11 is 0. The average Bonchev–Trinajstić information content (AvgIpc) is 3.51. The molecule has 5 nitrogen and oxygen atoms in total. The maximum Gasteiger partial charge on any atom is 0.253 e. The van der Waals surface area contributed by atoms with E-state index in [2.05, 4.69) is 0 Å². The number of carbonyl (C=O) groups is 2. The molecule has 2 amide bonds. The summed E-state index contributed by atoms with van der Waals surface area (Å²) in [4.78, 5) is 28.7. The molecular formula is C20H22N2O3. The lowest BCUT2D eigenvalue weighted by Crippen LogP contribution is -2.51. The second-order valence-electron chi connectivity index (χ2n) is 6.82. The minimum Gasteiger partial charge on any atom is -0.497 e. The van der Waals surface area contributed by atoms with Crippen LogP contribution in [-0.2, 0) is 4.79 Å². The topological polar surface area (TPSA) is 49.9 Å². The van der Waals surface area contributed by atoms with Crippen LogP contribution in [-0.4, -0.2) is 54.9 Å². The van der Waals surface area contributed by atoms with E-state index in [1.165, 1.54) is 0 Å². The maximum atomic E-state index is 12.8. The number of piperazine rings is 1. The lowest BCUT2D eigenvalue weighted by Gasteiger charge is -2.35. The number of hydrogen-bond donors (Lipinski definition) is 0. The Morgan fingerprint density at radius 3 is 2.24 bits per heavy atom. The first-order valence-electron chi connectivity index (χ1n) is 8.81. The summed E-state index contributed by atoms with van der Waals surface area (Å²) in [6.45, 7) is 2.51. The first-order chi connectivity index (χ1) is 12.2. The molecule has 0 radical (unpaired) electrons. The van der Waals surface area contributed by atoms with Gasteiger partial charge in [0, 0.05) is 37.7 Å². The molecule has 1 saturated heterocycles. The summed E-state index contributed by atoms with van der Waals surface area (Å²) < 4.78 is 5.24. The molecule has 0 unspecified atom stereocenters. The number of carbonyl (C=O) groups excluding carboxylic acids is 2. The second-order valence-corrected chi connectivity index (χ2v) is 6.82. The lowest BCUT2D eigenvalue weighted by atomic mass is 10.1. The van der Waals surface area contributed by atoms with Crippen molar-refractivity contribution in [2.24, 2.45) is 5.92 Å². The first-order valence-corrected chi connectivity index (χ1v) is 8.81. The molecule has 2 fully saturated rings. The third kappa shape index (κ3) is 3.18. The third-order valence-electron chi connectivity index (χ3n) is 5.10. The van der Waals surface area contributed by atoms with E-state index in [0.29, 0.717) is 31.7 Å². The van der Waals surface area contributed by atoms with Crippen LogP contribution in [0.2, 0.25) is 0 Å². The maximum absolute atomic E-state index is 12.8. The van der Waals surface area contributed by atoms with Gasteiger partial charge in [-0.1, -0.05) is 12.1 Å². The zero-order chi connectivity index (χ0) is 17.4. The standard InChI is InChI=1S/C20H22N2O3/c1-25-18-7-6-15-12-17(5-4-16(15)13-18)20(24)22-10-8-21(9-11-22)19(23)14-2-3-14/h4-7,12-14H,2-3,8-11H2,1H3. The van der Waals surface area contributed by atoms with Gasteiger partial charge < -0.3 is 14.5 Å². The third-order valence-corrected chi connectivity index (χ3v) is 5.10. The molecule has 2 aromatic rings. The fraction of sp³-hybridized carbons (Fsp3) is 0.400. The van der Waals surface area contributed by atoms with Gasteiger partial charge in [0.05, 0.1) is 7.11 Å². The van der Waals surface area contributed by atoms with Gasteiger partial charge in [-0.3, -0.25) is 9.59 Å². The smallest absolute Gasteiger partial charge is 0.253 e. The number of rotatable bonds is 3. The van der Waals surface area contributed by atoms with Gasteiger partial charge in [-0.15, -0.1) is 0 Å². The number of benzene rings is 2. The number of ether oxygens (including phenoxy) is 1. The van der Waals surface area contributed by atoms with Gasteiger partial charge in [0.25, 0.3) is 5.91 Å². The largest absolute Gasteiger partial charge is 0.497 e. The van der Waals surface area contributed by atoms with Gasteiger partial charge in [0.2, 0.25) is 5.91 Å². The molecule has 0 aromatic heterocycles. The van der Waals surface area contributed by atoms with Crippen LogP contribution in [0.1, 0.15) is 23.2 Å². The Kier molecular flexibility index (Phi) is 4.07. The van der Waals surface area contributed by atoms with E-state index in [9.17, 15) is 9.59 Å². The first kappa shape index (κ1) is 15.9. The van der Waals surface area contributed by atoms with Crippen LogP contribution in [0, 0.1) is 5.92 Å². The summed E-state index contributed by atoms with van der Waals surface area (Å²) in [5.74, 6) is 1.37. The predicted molar refractivity (Wildman–Crippen MR) is 95.7 cm³/mol. The highest BCUT2D eigenvalue weighted by molar-refractivity contribution is 5.99. The van der Waals surface area contributed by atoms with Gasteiger partial charge in [0.1, 0.15) is 5.75 Å². The van der Waals surface area contributed by atoms with E-state index in [0.717, 1.165) is 29.4 Å². The highest BCUT2D eigenvalue weighted by atomic mass is 16.5. The molecule has 1 heterocycles. The van der Waals surface area contributed by atoms with E-state index >= 15 is 0 Å². The number of nitrogens with zero attached hydrogens (tertiary/aromatic N) is 2. The zero-order valence-electron chi connectivity index (χ0n) is 14.4. The molecular weight excluding hydrogens is 316 g/mol. The molecule has 0 atom stereocenters. The van der Waals surface area contributed by atoms with Crippen LogP contribution in [0.3, 0.4) is 0 Å². The fourth-order valence-corrected chi connectivity index (χ4v) is 3.38. The summed E-state index contributed by atoms with van der Waals surface area (Å²) in [7, 11) is 1.65. The molecule has 25 heavy (non-hydrogen) atoms. The van der Waals surface area contributed by atoms with E-state index in [4.69, 9.17) is 4.74 Å². The molecule has 1 aliphatic carbocycles. The Morgan fingerprint density at radius 1 is 0.920 bits per heavy atom. The number of fused-ring (bicyclic) bond motifs is 1. The molecule has 4 rings (SSSR count). The summed E-state index contributed by atoms with van der Waals surface area (Å²) in [6.07, 6.45) is 2.06. The molecule has 2 aromatic carbocycles. The highest BCUT2D eigenvalue weighted by Gasteiger charge is 2.35. The van der Waals surface area contributed by atoms with Crippen molar-refractivity contribution in [3.63, 3.8) is 0 Å². The van der Waals surface area contributed by atoms with Crippen LogP contribution in [0.4, 0.5) is 0 Å². The van der Waals surface area contributed by atoms with Crippen molar-refractivity contribution < 1.29 is 14.3 Å². The SMILES string of the molecule is COc1ccc2cc(C(=O)N3CCN(C(=O)C4CC4)CC3)ccc2c1. The monoisotopic (exact) mass is 338 g/mol. The van der Waals surface area contributed by atoms with Crippen molar-refractivity contribution in [2.75, 3.05) is 33.3 Å². The van der Waals surface area contributed by atoms with Crippen LogP contribution < -0.4 is 4.74 Å². The van der Waals surface area contributed by atoms with E-state index < -0.39 is 0 Å². The minimum atomic E-state index is 0.0382. The van der Waals surface area contributed by atoms with Crippen molar-refractivity contribution in [1.82, 2.24) is 9.80 Å². The Morgan fingerprint density at radius 2 is 1.56 bits per heavy atom. The molecule has 0 spiro atoms. The van der Waals surface area contributed by atoms with Crippen LogP contribution in [0.25, 0.3) is 10.8 Å². The summed E-state index contributed by atoms with van der Waals surface area (Å²) in [5, 5.41) is 2.07. The van der Waals surface area contributed by atoms with E-state index in [1.807, 2.05) is 46.2 Å². The summed E-state index contributed by atoms with van der Waals surface area (Å²) in [5.41, 5.74) is 0.694. The van der Waals surface area contributed by atoms with E-state index in [-0.39, 0.29) is 17.7 Å². The fourth-order valence-electron chi connectivity index (χ4n) is 3.38. The van der Waals surface area contributed by atoms with Gasteiger partial charge >= 0.3 is 0 Å². The van der Waals surface area contributed by atoms with Crippen molar-refractivity contribution in [2.45, 2.75) is 12.8 Å². The zero-order valence-corrected chi connectivity index (χ0v) is 14.4. The molecule has 130 valence electrons. The highest BCUT2D eigenvalue weighted by Crippen LogP contribution is 2.31. The average molecular weight is 338 g/mol. The van der Waals surface area contributed by atoms with Crippen molar-refractivity contribution in [3.8, 4) is 5.75 Å². The molecule has 0 N–H and O–H groups in total. The minimum absolute atomic E-state index is 0.0382. The predicted octanol–water partition coefficient (Wildman–Crippen LogP) is 2.54. The van der Waals surface area contributed by atoms with Gasteiger partial charge in [-0.2, -0.15) is 0 Å². The van der Waals surface area contributed by atoms with Crippen molar-refractivity contribution in [3.05, 3.63) is 42.0 Å². The van der Waals surface area contributed by atoms with Crippen LogP contribution >= 0.6 is 0 Å². The van der Waals surface area contributed by atoms with Gasteiger partial charge in [0.15, 0.2) is 0 Å². The lowest BCUT2D eigenvalue weighted by molar-refractivity contribution is -0.134. The number of amides is 2. The quantitative estimate of drug-likeness (QED) is 0.864. The summed E-state index contributed by atoms with van der Waals surface area (Å²) in [6, 6.07) is 11.6. The molecule has 0 bridgehead atoms. The Balaban J connectivity index is 1.45. The van der Waals surface area contributed by atoms with Crippen molar-refractivity contribution in [1.29, 1.82) is 0 Å².